The predicted octanol–water partition coefficient (Wildman–Crippen LogP) is 2.83. The monoisotopic (exact) mass is 397 g/mol. The lowest BCUT2D eigenvalue weighted by atomic mass is 9.91. The van der Waals surface area contributed by atoms with Gasteiger partial charge in [-0.2, -0.15) is 0 Å². The van der Waals surface area contributed by atoms with Gasteiger partial charge in [0.1, 0.15) is 0 Å². The number of anilines is 1. The smallest absolute Gasteiger partial charge is 0.311 e. The molecule has 148 valence electrons. The summed E-state index contributed by atoms with van der Waals surface area (Å²) >= 11 is 0. The highest BCUT2D eigenvalue weighted by atomic mass is 19.2. The van der Waals surface area contributed by atoms with Crippen molar-refractivity contribution >= 4 is 23.5 Å². The maximum Gasteiger partial charge on any atom is 0.326 e. The Hall–Kier alpha value is -3.55. The highest BCUT2D eigenvalue weighted by Gasteiger charge is 2.63. The molecule has 2 aliphatic heterocycles. The van der Waals surface area contributed by atoms with E-state index in [1.807, 2.05) is 0 Å². The molecule has 0 aliphatic carbocycles. The molecule has 1 saturated heterocycles. The minimum atomic E-state index is -1.87. The molecule has 0 bridgehead atoms. The van der Waals surface area contributed by atoms with Crippen LogP contribution in [0.25, 0.3) is 0 Å². The number of benzene rings is 2. The van der Waals surface area contributed by atoms with Gasteiger partial charge in [-0.3, -0.25) is 14.5 Å². The van der Waals surface area contributed by atoms with E-state index < -0.39 is 35.0 Å². The van der Waals surface area contributed by atoms with E-state index in [0.29, 0.717) is 22.4 Å². The number of nitrogens with one attached hydrogen (secondary N) is 1. The molecule has 0 saturated carbocycles. The molecular weight excluding hydrogens is 380 g/mol. The number of urea groups is 1. The number of rotatable bonds is 4. The number of halogens is 2. The van der Waals surface area contributed by atoms with Gasteiger partial charge in [-0.05, 0) is 30.7 Å². The van der Waals surface area contributed by atoms with Crippen LogP contribution in [-0.4, -0.2) is 29.3 Å². The zero-order valence-electron chi connectivity index (χ0n) is 15.5. The van der Waals surface area contributed by atoms with Crippen molar-refractivity contribution in [2.75, 3.05) is 11.4 Å². The summed E-state index contributed by atoms with van der Waals surface area (Å²) in [6.07, 6.45) is 0. The molecule has 4 rings (SSSR count). The maximum atomic E-state index is 13.6. The van der Waals surface area contributed by atoms with E-state index >= 15 is 0 Å². The Bertz CT molecular complexity index is 1080. The Morgan fingerprint density at radius 2 is 1.72 bits per heavy atom. The van der Waals surface area contributed by atoms with Crippen LogP contribution in [0.3, 0.4) is 0 Å². The molecule has 1 unspecified atom stereocenters. The van der Waals surface area contributed by atoms with Crippen molar-refractivity contribution in [2.45, 2.75) is 19.0 Å². The lowest BCUT2D eigenvalue weighted by molar-refractivity contribution is -0.138. The quantitative estimate of drug-likeness (QED) is 0.490. The molecule has 0 aromatic heterocycles. The van der Waals surface area contributed by atoms with E-state index in [1.54, 1.807) is 31.2 Å². The molecule has 8 heteroatoms. The van der Waals surface area contributed by atoms with Crippen LogP contribution >= 0.6 is 0 Å². The Balaban J connectivity index is 1.77. The van der Waals surface area contributed by atoms with Crippen molar-refractivity contribution in [3.63, 3.8) is 0 Å². The van der Waals surface area contributed by atoms with E-state index in [9.17, 15) is 23.2 Å². The Labute approximate surface area is 165 Å². The van der Waals surface area contributed by atoms with E-state index in [-0.39, 0.29) is 13.1 Å². The summed E-state index contributed by atoms with van der Waals surface area (Å²) < 4.78 is 26.9. The van der Waals surface area contributed by atoms with Gasteiger partial charge in [0.05, 0.1) is 18.8 Å². The van der Waals surface area contributed by atoms with E-state index in [2.05, 4.69) is 11.9 Å². The second-order valence-corrected chi connectivity index (χ2v) is 7.19. The third kappa shape index (κ3) is 2.71. The van der Waals surface area contributed by atoms with Crippen molar-refractivity contribution < 1.29 is 23.2 Å². The van der Waals surface area contributed by atoms with E-state index in [0.717, 1.165) is 17.0 Å². The van der Waals surface area contributed by atoms with E-state index in [4.69, 9.17) is 0 Å². The van der Waals surface area contributed by atoms with Crippen molar-refractivity contribution in [3.05, 3.63) is 77.4 Å². The number of para-hydroxylation sites is 1. The van der Waals surface area contributed by atoms with Crippen LogP contribution in [0.5, 0.6) is 0 Å². The van der Waals surface area contributed by atoms with Gasteiger partial charge in [-0.15, -0.1) is 0 Å². The zero-order valence-corrected chi connectivity index (χ0v) is 15.5. The minimum absolute atomic E-state index is 0.00889. The van der Waals surface area contributed by atoms with Crippen LogP contribution in [0.4, 0.5) is 19.3 Å². The third-order valence-electron chi connectivity index (χ3n) is 5.02. The summed E-state index contributed by atoms with van der Waals surface area (Å²) in [5.41, 5.74) is -0.173. The number of carbonyl (C=O) groups is 3. The van der Waals surface area contributed by atoms with Crippen LogP contribution in [0.2, 0.25) is 0 Å². The number of fused-ring (bicyclic) bond motifs is 2. The SMILES string of the molecule is C=C(C)CN1C(=O)NC2(C1=O)C(=O)N(Cc1ccc(F)c(F)c1)c1ccccc12. The lowest BCUT2D eigenvalue weighted by Crippen LogP contribution is -2.52. The second kappa shape index (κ2) is 6.51. The topological polar surface area (TPSA) is 69.7 Å². The lowest BCUT2D eigenvalue weighted by Gasteiger charge is -2.22. The maximum absolute atomic E-state index is 13.6. The first-order chi connectivity index (χ1) is 13.8. The third-order valence-corrected chi connectivity index (χ3v) is 5.02. The molecule has 2 aliphatic rings. The van der Waals surface area contributed by atoms with Crippen molar-refractivity contribution in [2.24, 2.45) is 0 Å². The summed E-state index contributed by atoms with van der Waals surface area (Å²) in [5.74, 6) is -3.36. The van der Waals surface area contributed by atoms with Crippen molar-refractivity contribution in [3.8, 4) is 0 Å². The molecule has 1 N–H and O–H groups in total. The highest BCUT2D eigenvalue weighted by molar-refractivity contribution is 6.27. The standard InChI is InChI=1S/C21H17F2N3O3/c1-12(2)10-26-19(28)21(24-20(26)29)14-5-3-4-6-17(14)25(18(21)27)11-13-7-8-15(22)16(23)9-13/h3-9H,1,10-11H2,2H3,(H,24,29). The van der Waals surface area contributed by atoms with Crippen molar-refractivity contribution in [1.29, 1.82) is 0 Å². The summed E-state index contributed by atoms with van der Waals surface area (Å²) in [4.78, 5) is 41.3. The van der Waals surface area contributed by atoms with Crippen LogP contribution in [0.15, 0.2) is 54.6 Å². The average molecular weight is 397 g/mol. The molecule has 2 aromatic carbocycles. The summed E-state index contributed by atoms with van der Waals surface area (Å²) in [7, 11) is 0. The molecule has 4 amide bonds. The normalized spacial score (nSPS) is 20.4. The number of amides is 4. The summed E-state index contributed by atoms with van der Waals surface area (Å²) in [6.45, 7) is 5.29. The van der Waals surface area contributed by atoms with Gasteiger partial charge in [0.2, 0.25) is 5.54 Å². The van der Waals surface area contributed by atoms with Crippen LogP contribution in [-0.2, 0) is 21.7 Å². The molecule has 1 atom stereocenters. The average Bonchev–Trinajstić information content (AvgIpc) is 3.06. The Morgan fingerprint density at radius 1 is 1.03 bits per heavy atom. The zero-order chi connectivity index (χ0) is 20.9. The molecule has 1 spiro atoms. The highest BCUT2D eigenvalue weighted by Crippen LogP contribution is 2.44. The number of imide groups is 1. The first-order valence-electron chi connectivity index (χ1n) is 8.89. The Morgan fingerprint density at radius 3 is 2.41 bits per heavy atom. The minimum Gasteiger partial charge on any atom is -0.311 e. The number of nitrogens with zero attached hydrogens (tertiary/aromatic N) is 2. The van der Waals surface area contributed by atoms with Gasteiger partial charge in [-0.25, -0.2) is 13.6 Å². The van der Waals surface area contributed by atoms with Gasteiger partial charge in [0, 0.05) is 5.56 Å². The molecule has 2 heterocycles. The van der Waals surface area contributed by atoms with Crippen LogP contribution in [0.1, 0.15) is 18.1 Å². The second-order valence-electron chi connectivity index (χ2n) is 7.19. The Kier molecular flexibility index (Phi) is 4.22. The predicted molar refractivity (Wildman–Crippen MR) is 101 cm³/mol. The number of hydrogen-bond donors (Lipinski definition) is 1. The molecule has 29 heavy (non-hydrogen) atoms. The summed E-state index contributed by atoms with van der Waals surface area (Å²) in [5, 5.41) is 2.55. The van der Waals surface area contributed by atoms with Gasteiger partial charge in [0.15, 0.2) is 11.6 Å². The molecule has 1 fully saturated rings. The van der Waals surface area contributed by atoms with Gasteiger partial charge < -0.3 is 10.2 Å². The van der Waals surface area contributed by atoms with Crippen molar-refractivity contribution in [1.82, 2.24) is 10.2 Å². The van der Waals surface area contributed by atoms with Gasteiger partial charge in [0.25, 0.3) is 11.8 Å². The van der Waals surface area contributed by atoms with E-state index in [1.165, 1.54) is 11.0 Å². The largest absolute Gasteiger partial charge is 0.326 e. The fraction of sp³-hybridized carbons (Fsp3) is 0.190. The first-order valence-corrected chi connectivity index (χ1v) is 8.89. The molecule has 2 aromatic rings. The fourth-order valence-corrected chi connectivity index (χ4v) is 3.75. The van der Waals surface area contributed by atoms with Crippen LogP contribution in [0, 0.1) is 11.6 Å². The van der Waals surface area contributed by atoms with Gasteiger partial charge in [-0.1, -0.05) is 36.4 Å². The fourth-order valence-electron chi connectivity index (χ4n) is 3.75. The number of hydrogen-bond acceptors (Lipinski definition) is 3. The molecule has 0 radical (unpaired) electrons. The molecular formula is C21H17F2N3O3. The van der Waals surface area contributed by atoms with Crippen LogP contribution < -0.4 is 10.2 Å². The molecule has 6 nitrogen and oxygen atoms in total. The number of carbonyl (C=O) groups excluding carboxylic acids is 3. The van der Waals surface area contributed by atoms with Gasteiger partial charge >= 0.3 is 6.03 Å². The summed E-state index contributed by atoms with van der Waals surface area (Å²) in [6, 6.07) is 9.25. The first kappa shape index (κ1) is 18.8.